The van der Waals surface area contributed by atoms with E-state index in [1.165, 1.54) is 49.2 Å². The Bertz CT molecular complexity index is 389. The van der Waals surface area contributed by atoms with Gasteiger partial charge in [-0.1, -0.05) is 19.8 Å². The van der Waals surface area contributed by atoms with Gasteiger partial charge in [0.05, 0.1) is 5.54 Å². The minimum Gasteiger partial charge on any atom is -0.303 e. The molecule has 1 N–H and O–H groups in total. The van der Waals surface area contributed by atoms with Crippen LogP contribution in [0.2, 0.25) is 0 Å². The second kappa shape index (κ2) is 6.36. The van der Waals surface area contributed by atoms with E-state index in [-0.39, 0.29) is 5.54 Å². The molecule has 1 fully saturated rings. The molecule has 0 unspecified atom stereocenters. The molecule has 1 aliphatic carbocycles. The minimum atomic E-state index is 0.150. The third-order valence-electron chi connectivity index (χ3n) is 4.25. The SMILES string of the molecule is CCCC1CCC(NC(C)C)(c2nc(C)cs2)CC1. The third-order valence-corrected chi connectivity index (χ3v) is 5.41. The molecule has 0 bridgehead atoms. The van der Waals surface area contributed by atoms with Crippen LogP contribution in [-0.4, -0.2) is 11.0 Å². The molecule has 1 aromatic heterocycles. The van der Waals surface area contributed by atoms with E-state index >= 15 is 0 Å². The van der Waals surface area contributed by atoms with Crippen LogP contribution in [0.15, 0.2) is 5.38 Å². The van der Waals surface area contributed by atoms with Crippen molar-refractivity contribution >= 4 is 11.3 Å². The molecule has 3 heteroatoms. The van der Waals surface area contributed by atoms with Crippen LogP contribution in [0.3, 0.4) is 0 Å². The first-order chi connectivity index (χ1) is 9.05. The van der Waals surface area contributed by atoms with Crippen LogP contribution in [0.1, 0.15) is 70.0 Å². The standard InChI is InChI=1S/C16H28N2S/c1-5-6-14-7-9-16(10-8-14,18-12(2)3)15-17-13(4)11-19-15/h11-12,14,18H,5-10H2,1-4H3. The Morgan fingerprint density at radius 1 is 1.42 bits per heavy atom. The minimum absolute atomic E-state index is 0.150. The number of hydrogen-bond acceptors (Lipinski definition) is 3. The Labute approximate surface area is 122 Å². The van der Waals surface area contributed by atoms with Crippen molar-refractivity contribution < 1.29 is 0 Å². The lowest BCUT2D eigenvalue weighted by Gasteiger charge is -2.41. The van der Waals surface area contributed by atoms with E-state index in [0.717, 1.165) is 5.92 Å². The van der Waals surface area contributed by atoms with Crippen LogP contribution in [-0.2, 0) is 5.54 Å². The van der Waals surface area contributed by atoms with Crippen LogP contribution >= 0.6 is 11.3 Å². The molecule has 2 rings (SSSR count). The average Bonchev–Trinajstić information content (AvgIpc) is 2.79. The molecule has 0 spiro atoms. The van der Waals surface area contributed by atoms with Gasteiger partial charge in [-0.05, 0) is 52.4 Å². The summed E-state index contributed by atoms with van der Waals surface area (Å²) in [6.07, 6.45) is 7.93. The molecule has 1 heterocycles. The fourth-order valence-corrected chi connectivity index (χ4v) is 4.43. The predicted molar refractivity (Wildman–Crippen MR) is 83.7 cm³/mol. The largest absolute Gasteiger partial charge is 0.303 e. The van der Waals surface area contributed by atoms with Crippen molar-refractivity contribution in [1.82, 2.24) is 10.3 Å². The maximum Gasteiger partial charge on any atom is 0.113 e. The highest BCUT2D eigenvalue weighted by molar-refractivity contribution is 7.09. The third kappa shape index (κ3) is 3.57. The first-order valence-electron chi connectivity index (χ1n) is 7.76. The molecule has 0 saturated heterocycles. The summed E-state index contributed by atoms with van der Waals surface area (Å²) in [5.41, 5.74) is 1.32. The molecular formula is C16H28N2S. The molecule has 1 aromatic rings. The average molecular weight is 280 g/mol. The van der Waals surface area contributed by atoms with Gasteiger partial charge in [0, 0.05) is 17.1 Å². The summed E-state index contributed by atoms with van der Waals surface area (Å²) < 4.78 is 0. The van der Waals surface area contributed by atoms with Gasteiger partial charge in [0.2, 0.25) is 0 Å². The highest BCUT2D eigenvalue weighted by atomic mass is 32.1. The highest BCUT2D eigenvalue weighted by Crippen LogP contribution is 2.42. The van der Waals surface area contributed by atoms with E-state index < -0.39 is 0 Å². The Hall–Kier alpha value is -0.410. The fraction of sp³-hybridized carbons (Fsp3) is 0.812. The highest BCUT2D eigenvalue weighted by Gasteiger charge is 2.39. The molecule has 0 radical (unpaired) electrons. The Morgan fingerprint density at radius 3 is 2.58 bits per heavy atom. The maximum absolute atomic E-state index is 4.79. The molecule has 1 saturated carbocycles. The van der Waals surface area contributed by atoms with E-state index in [0.29, 0.717) is 6.04 Å². The van der Waals surface area contributed by atoms with Gasteiger partial charge in [0.25, 0.3) is 0 Å². The normalized spacial score (nSPS) is 27.9. The zero-order chi connectivity index (χ0) is 13.9. The molecule has 0 atom stereocenters. The van der Waals surface area contributed by atoms with Crippen molar-refractivity contribution in [3.63, 3.8) is 0 Å². The predicted octanol–water partition coefficient (Wildman–Crippen LogP) is 4.64. The van der Waals surface area contributed by atoms with E-state index in [9.17, 15) is 0 Å². The number of rotatable bonds is 5. The lowest BCUT2D eigenvalue weighted by atomic mass is 9.75. The summed E-state index contributed by atoms with van der Waals surface area (Å²) in [4.78, 5) is 4.79. The van der Waals surface area contributed by atoms with Crippen molar-refractivity contribution in [3.8, 4) is 0 Å². The quantitative estimate of drug-likeness (QED) is 0.850. The monoisotopic (exact) mass is 280 g/mol. The van der Waals surface area contributed by atoms with Gasteiger partial charge in [-0.15, -0.1) is 11.3 Å². The summed E-state index contributed by atoms with van der Waals surface area (Å²) in [7, 11) is 0. The molecular weight excluding hydrogens is 252 g/mol. The topological polar surface area (TPSA) is 24.9 Å². The van der Waals surface area contributed by atoms with Gasteiger partial charge in [0.1, 0.15) is 5.01 Å². The van der Waals surface area contributed by atoms with E-state index in [1.54, 1.807) is 0 Å². The molecule has 1 aliphatic rings. The fourth-order valence-electron chi connectivity index (χ4n) is 3.41. The lowest BCUT2D eigenvalue weighted by Crippen LogP contribution is -2.48. The number of aryl methyl sites for hydroxylation is 1. The molecule has 0 aromatic carbocycles. The van der Waals surface area contributed by atoms with Crippen molar-refractivity contribution in [3.05, 3.63) is 16.1 Å². The van der Waals surface area contributed by atoms with Gasteiger partial charge in [-0.2, -0.15) is 0 Å². The molecule has 0 amide bonds. The second-order valence-electron chi connectivity index (χ2n) is 6.41. The van der Waals surface area contributed by atoms with Gasteiger partial charge < -0.3 is 5.32 Å². The number of nitrogens with one attached hydrogen (secondary N) is 1. The van der Waals surface area contributed by atoms with Crippen LogP contribution in [0.5, 0.6) is 0 Å². The Morgan fingerprint density at radius 2 is 2.11 bits per heavy atom. The van der Waals surface area contributed by atoms with Gasteiger partial charge in [-0.3, -0.25) is 0 Å². The number of hydrogen-bond donors (Lipinski definition) is 1. The van der Waals surface area contributed by atoms with Crippen molar-refractivity contribution in [2.75, 3.05) is 0 Å². The summed E-state index contributed by atoms with van der Waals surface area (Å²) in [6, 6.07) is 0.520. The van der Waals surface area contributed by atoms with Gasteiger partial charge in [0.15, 0.2) is 0 Å². The number of aromatic nitrogens is 1. The molecule has 108 valence electrons. The van der Waals surface area contributed by atoms with Crippen LogP contribution in [0, 0.1) is 12.8 Å². The molecule has 2 nitrogen and oxygen atoms in total. The second-order valence-corrected chi connectivity index (χ2v) is 7.27. The van der Waals surface area contributed by atoms with Crippen LogP contribution in [0.4, 0.5) is 0 Å². The van der Waals surface area contributed by atoms with Crippen molar-refractivity contribution in [1.29, 1.82) is 0 Å². The van der Waals surface area contributed by atoms with E-state index in [1.807, 2.05) is 11.3 Å². The molecule has 0 aliphatic heterocycles. The maximum atomic E-state index is 4.79. The van der Waals surface area contributed by atoms with Gasteiger partial charge >= 0.3 is 0 Å². The Balaban J connectivity index is 2.13. The first kappa shape index (κ1) is 15.0. The zero-order valence-corrected chi connectivity index (χ0v) is 13.6. The van der Waals surface area contributed by atoms with Crippen molar-refractivity contribution in [2.45, 2.75) is 77.8 Å². The smallest absolute Gasteiger partial charge is 0.113 e. The van der Waals surface area contributed by atoms with Crippen LogP contribution < -0.4 is 5.32 Å². The Kier molecular flexibility index (Phi) is 5.02. The van der Waals surface area contributed by atoms with Crippen molar-refractivity contribution in [2.24, 2.45) is 5.92 Å². The zero-order valence-electron chi connectivity index (χ0n) is 12.8. The van der Waals surface area contributed by atoms with E-state index in [4.69, 9.17) is 4.98 Å². The number of nitrogens with zero attached hydrogens (tertiary/aromatic N) is 1. The molecule has 19 heavy (non-hydrogen) atoms. The summed E-state index contributed by atoms with van der Waals surface area (Å²) in [5, 5.41) is 7.34. The van der Waals surface area contributed by atoms with Gasteiger partial charge in [-0.25, -0.2) is 4.98 Å². The summed E-state index contributed by atoms with van der Waals surface area (Å²) in [5.74, 6) is 0.938. The van der Waals surface area contributed by atoms with E-state index in [2.05, 4.69) is 38.4 Å². The summed E-state index contributed by atoms with van der Waals surface area (Å²) in [6.45, 7) is 8.91. The van der Waals surface area contributed by atoms with Crippen LogP contribution in [0.25, 0.3) is 0 Å². The lowest BCUT2D eigenvalue weighted by molar-refractivity contribution is 0.170. The number of thiazole rings is 1. The summed E-state index contributed by atoms with van der Waals surface area (Å²) >= 11 is 1.84. The first-order valence-corrected chi connectivity index (χ1v) is 8.64.